The van der Waals surface area contributed by atoms with E-state index in [-0.39, 0.29) is 17.1 Å². The van der Waals surface area contributed by atoms with Gasteiger partial charge in [-0.15, -0.1) is 0 Å². The van der Waals surface area contributed by atoms with Crippen molar-refractivity contribution in [3.8, 4) is 5.75 Å². The minimum atomic E-state index is -3.52. The predicted molar refractivity (Wildman–Crippen MR) is 95.5 cm³/mol. The van der Waals surface area contributed by atoms with E-state index in [0.29, 0.717) is 32.1 Å². The molecule has 1 aliphatic rings. The van der Waals surface area contributed by atoms with E-state index in [4.69, 9.17) is 14.2 Å². The monoisotopic (exact) mass is 372 g/mol. The molecule has 7 nitrogen and oxygen atoms in total. The molecule has 0 amide bonds. The molecule has 1 heterocycles. The second-order valence-corrected chi connectivity index (χ2v) is 7.99. The Kier molecular flexibility index (Phi) is 7.64. The molecule has 0 aromatic heterocycles. The third kappa shape index (κ3) is 6.56. The molecule has 1 aromatic carbocycles. The van der Waals surface area contributed by atoms with Gasteiger partial charge in [0, 0.05) is 33.3 Å². The van der Waals surface area contributed by atoms with Crippen LogP contribution in [-0.2, 0) is 19.5 Å². The van der Waals surface area contributed by atoms with E-state index in [1.807, 2.05) is 13.8 Å². The van der Waals surface area contributed by atoms with E-state index in [2.05, 4.69) is 9.62 Å². The summed E-state index contributed by atoms with van der Waals surface area (Å²) in [4.78, 5) is 2.45. The molecule has 1 fully saturated rings. The van der Waals surface area contributed by atoms with E-state index in [1.54, 1.807) is 31.4 Å². The van der Waals surface area contributed by atoms with Gasteiger partial charge in [0.1, 0.15) is 12.4 Å². The summed E-state index contributed by atoms with van der Waals surface area (Å²) in [6, 6.07) is 6.39. The van der Waals surface area contributed by atoms with Crippen LogP contribution in [0.25, 0.3) is 0 Å². The van der Waals surface area contributed by atoms with Crippen LogP contribution in [0.4, 0.5) is 0 Å². The normalized spacial score (nSPS) is 22.0. The number of hydrogen-bond acceptors (Lipinski definition) is 6. The van der Waals surface area contributed by atoms with Crippen LogP contribution >= 0.6 is 0 Å². The molecule has 2 atom stereocenters. The van der Waals surface area contributed by atoms with Gasteiger partial charge in [0.05, 0.1) is 23.7 Å². The summed E-state index contributed by atoms with van der Waals surface area (Å²) >= 11 is 0. The van der Waals surface area contributed by atoms with Gasteiger partial charge in [-0.2, -0.15) is 0 Å². The van der Waals surface area contributed by atoms with Crippen molar-refractivity contribution in [2.45, 2.75) is 31.0 Å². The highest BCUT2D eigenvalue weighted by Gasteiger charge is 2.22. The van der Waals surface area contributed by atoms with Gasteiger partial charge in [0.15, 0.2) is 0 Å². The fourth-order valence-electron chi connectivity index (χ4n) is 2.85. The van der Waals surface area contributed by atoms with Crippen molar-refractivity contribution in [3.63, 3.8) is 0 Å². The molecule has 2 rings (SSSR count). The van der Waals surface area contributed by atoms with Crippen molar-refractivity contribution in [1.29, 1.82) is 0 Å². The summed E-state index contributed by atoms with van der Waals surface area (Å²) in [5.41, 5.74) is 0. The van der Waals surface area contributed by atoms with Gasteiger partial charge in [-0.1, -0.05) is 0 Å². The molecular formula is C17H28N2O5S. The number of sulfonamides is 1. The van der Waals surface area contributed by atoms with Crippen LogP contribution in [0.3, 0.4) is 0 Å². The highest BCUT2D eigenvalue weighted by molar-refractivity contribution is 7.89. The third-order valence-electron chi connectivity index (χ3n) is 3.91. The van der Waals surface area contributed by atoms with E-state index < -0.39 is 10.0 Å². The first-order valence-electron chi connectivity index (χ1n) is 8.50. The Morgan fingerprint density at radius 1 is 1.16 bits per heavy atom. The van der Waals surface area contributed by atoms with Crippen molar-refractivity contribution in [1.82, 2.24) is 9.62 Å². The average molecular weight is 372 g/mol. The summed E-state index contributed by atoms with van der Waals surface area (Å²) in [6.07, 6.45) is 0.344. The molecule has 1 aromatic rings. The van der Waals surface area contributed by atoms with Crippen molar-refractivity contribution in [2.24, 2.45) is 0 Å². The zero-order valence-corrected chi connectivity index (χ0v) is 15.9. The largest absolute Gasteiger partial charge is 0.491 e. The maximum absolute atomic E-state index is 12.4. The predicted octanol–water partition coefficient (Wildman–Crippen LogP) is 1.10. The van der Waals surface area contributed by atoms with Gasteiger partial charge in [0.2, 0.25) is 10.0 Å². The molecule has 0 radical (unpaired) electrons. The number of nitrogens with one attached hydrogen (secondary N) is 1. The first kappa shape index (κ1) is 20.1. The summed E-state index contributed by atoms with van der Waals surface area (Å²) in [5.74, 6) is 0.618. The summed E-state index contributed by atoms with van der Waals surface area (Å²) in [6.45, 7) is 7.65. The number of rotatable bonds is 9. The van der Waals surface area contributed by atoms with E-state index in [0.717, 1.165) is 13.1 Å². The Morgan fingerprint density at radius 3 is 2.40 bits per heavy atom. The summed E-state index contributed by atoms with van der Waals surface area (Å²) in [7, 11) is -1.92. The third-order valence-corrected chi connectivity index (χ3v) is 5.38. The standard InChI is InChI=1S/C17H28N2O5S/c1-14-12-19(13-15(2)24-14)9-8-18-25(20,21)17-6-4-16(5-7-17)23-11-10-22-3/h4-7,14-15,18H,8-13H2,1-3H3. The fraction of sp³-hybridized carbons (Fsp3) is 0.647. The second kappa shape index (κ2) is 9.49. The van der Waals surface area contributed by atoms with Crippen LogP contribution in [0.15, 0.2) is 29.2 Å². The maximum Gasteiger partial charge on any atom is 0.240 e. The Bertz CT molecular complexity index is 610. The molecule has 1 N–H and O–H groups in total. The second-order valence-electron chi connectivity index (χ2n) is 6.23. The highest BCUT2D eigenvalue weighted by Crippen LogP contribution is 2.16. The Labute approximate surface area is 150 Å². The van der Waals surface area contributed by atoms with Crippen LogP contribution < -0.4 is 9.46 Å². The van der Waals surface area contributed by atoms with Gasteiger partial charge in [-0.3, -0.25) is 4.90 Å². The van der Waals surface area contributed by atoms with Gasteiger partial charge >= 0.3 is 0 Å². The number of benzene rings is 1. The van der Waals surface area contributed by atoms with Crippen LogP contribution in [0.5, 0.6) is 5.75 Å². The molecular weight excluding hydrogens is 344 g/mol. The zero-order valence-electron chi connectivity index (χ0n) is 15.1. The first-order chi connectivity index (χ1) is 11.9. The molecule has 0 bridgehead atoms. The lowest BCUT2D eigenvalue weighted by molar-refractivity contribution is -0.0671. The maximum atomic E-state index is 12.4. The van der Waals surface area contributed by atoms with E-state index in [9.17, 15) is 8.42 Å². The zero-order chi connectivity index (χ0) is 18.3. The van der Waals surface area contributed by atoms with Crippen molar-refractivity contribution in [3.05, 3.63) is 24.3 Å². The molecule has 0 saturated carbocycles. The molecule has 8 heteroatoms. The number of methoxy groups -OCH3 is 1. The Hall–Kier alpha value is -1.19. The quantitative estimate of drug-likeness (QED) is 0.654. The highest BCUT2D eigenvalue weighted by atomic mass is 32.2. The van der Waals surface area contributed by atoms with Crippen LogP contribution in [-0.4, -0.2) is 72.0 Å². The van der Waals surface area contributed by atoms with Crippen molar-refractivity contribution < 1.29 is 22.6 Å². The van der Waals surface area contributed by atoms with Crippen LogP contribution in [0, 0.1) is 0 Å². The minimum absolute atomic E-state index is 0.172. The van der Waals surface area contributed by atoms with Crippen molar-refractivity contribution in [2.75, 3.05) is 46.5 Å². The number of hydrogen-bond donors (Lipinski definition) is 1. The van der Waals surface area contributed by atoms with Gasteiger partial charge in [-0.25, -0.2) is 13.1 Å². The molecule has 142 valence electrons. The van der Waals surface area contributed by atoms with Crippen molar-refractivity contribution >= 4 is 10.0 Å². The topological polar surface area (TPSA) is 77.1 Å². The molecule has 2 unspecified atom stereocenters. The van der Waals surface area contributed by atoms with Crippen LogP contribution in [0.1, 0.15) is 13.8 Å². The van der Waals surface area contributed by atoms with E-state index in [1.165, 1.54) is 0 Å². The molecule has 1 aliphatic heterocycles. The SMILES string of the molecule is COCCOc1ccc(S(=O)(=O)NCCN2CC(C)OC(C)C2)cc1. The fourth-order valence-corrected chi connectivity index (χ4v) is 3.87. The Morgan fingerprint density at radius 2 is 1.80 bits per heavy atom. The lowest BCUT2D eigenvalue weighted by atomic mass is 10.2. The van der Waals surface area contributed by atoms with E-state index >= 15 is 0 Å². The first-order valence-corrected chi connectivity index (χ1v) is 9.98. The number of nitrogens with zero attached hydrogens (tertiary/aromatic N) is 1. The lowest BCUT2D eigenvalue weighted by Gasteiger charge is -2.35. The van der Waals surface area contributed by atoms with Gasteiger partial charge in [0.25, 0.3) is 0 Å². The molecule has 1 saturated heterocycles. The molecule has 0 spiro atoms. The Balaban J connectivity index is 1.82. The molecule has 0 aliphatic carbocycles. The summed E-state index contributed by atoms with van der Waals surface area (Å²) in [5, 5.41) is 0. The average Bonchev–Trinajstić information content (AvgIpc) is 2.54. The smallest absolute Gasteiger partial charge is 0.240 e. The van der Waals surface area contributed by atoms with Crippen LogP contribution in [0.2, 0.25) is 0 Å². The molecule has 25 heavy (non-hydrogen) atoms. The summed E-state index contributed by atoms with van der Waals surface area (Å²) < 4.78 is 43.4. The lowest BCUT2D eigenvalue weighted by Crippen LogP contribution is -2.47. The number of ether oxygens (including phenoxy) is 3. The number of morpholine rings is 1. The minimum Gasteiger partial charge on any atom is -0.491 e. The van der Waals surface area contributed by atoms with Gasteiger partial charge in [-0.05, 0) is 38.1 Å². The van der Waals surface area contributed by atoms with Gasteiger partial charge < -0.3 is 14.2 Å².